The summed E-state index contributed by atoms with van der Waals surface area (Å²) < 4.78 is 1.81. The molecule has 0 saturated carbocycles. The van der Waals surface area contributed by atoms with Gasteiger partial charge in [0.05, 0.1) is 18.8 Å². The highest BCUT2D eigenvalue weighted by molar-refractivity contribution is 14.0. The molecule has 0 spiro atoms. The van der Waals surface area contributed by atoms with Gasteiger partial charge in [0, 0.05) is 31.9 Å². The zero-order valence-electron chi connectivity index (χ0n) is 16.3. The van der Waals surface area contributed by atoms with Crippen LogP contribution < -0.4 is 10.6 Å². The molecule has 27 heavy (non-hydrogen) atoms. The van der Waals surface area contributed by atoms with E-state index in [1.165, 1.54) is 31.5 Å². The molecule has 1 saturated heterocycles. The van der Waals surface area contributed by atoms with Crippen LogP contribution in [0.4, 0.5) is 0 Å². The number of aryl methyl sites for hydroxylation is 1. The molecule has 0 bridgehead atoms. The van der Waals surface area contributed by atoms with Gasteiger partial charge in [-0.1, -0.05) is 30.3 Å². The number of aromatic nitrogens is 2. The van der Waals surface area contributed by atoms with E-state index in [9.17, 15) is 0 Å². The predicted octanol–water partition coefficient (Wildman–Crippen LogP) is 2.93. The molecule has 2 heterocycles. The molecule has 6 nitrogen and oxygen atoms in total. The van der Waals surface area contributed by atoms with Crippen LogP contribution in [-0.2, 0) is 13.6 Å². The van der Waals surface area contributed by atoms with Crippen molar-refractivity contribution in [3.8, 4) is 0 Å². The van der Waals surface area contributed by atoms with E-state index in [-0.39, 0.29) is 24.0 Å². The van der Waals surface area contributed by atoms with Gasteiger partial charge in [-0.25, -0.2) is 4.99 Å². The fourth-order valence-corrected chi connectivity index (χ4v) is 3.45. The highest BCUT2D eigenvalue weighted by atomic mass is 127. The van der Waals surface area contributed by atoms with Gasteiger partial charge in [0.15, 0.2) is 5.96 Å². The molecule has 2 aromatic rings. The van der Waals surface area contributed by atoms with Crippen molar-refractivity contribution in [3.63, 3.8) is 0 Å². The molecule has 1 aromatic heterocycles. The lowest BCUT2D eigenvalue weighted by molar-refractivity contribution is 0.245. The summed E-state index contributed by atoms with van der Waals surface area (Å²) in [6, 6.07) is 11.2. The van der Waals surface area contributed by atoms with Gasteiger partial charge in [0.2, 0.25) is 0 Å². The van der Waals surface area contributed by atoms with E-state index in [1.54, 1.807) is 0 Å². The molecule has 3 rings (SSSR count). The zero-order valence-corrected chi connectivity index (χ0v) is 18.6. The zero-order chi connectivity index (χ0) is 18.2. The minimum absolute atomic E-state index is 0. The summed E-state index contributed by atoms with van der Waals surface area (Å²) in [6.07, 6.45) is 6.45. The molecule has 1 aliphatic heterocycles. The highest BCUT2D eigenvalue weighted by Gasteiger charge is 2.23. The van der Waals surface area contributed by atoms with Crippen LogP contribution in [0.3, 0.4) is 0 Å². The molecular formula is C20H31IN6. The second-order valence-corrected chi connectivity index (χ2v) is 6.77. The van der Waals surface area contributed by atoms with Gasteiger partial charge in [-0.05, 0) is 38.4 Å². The van der Waals surface area contributed by atoms with E-state index in [1.807, 2.05) is 24.1 Å². The molecule has 1 unspecified atom stereocenters. The van der Waals surface area contributed by atoms with Crippen molar-refractivity contribution in [2.75, 3.05) is 26.2 Å². The molecule has 0 amide bonds. The van der Waals surface area contributed by atoms with Crippen LogP contribution in [0.15, 0.2) is 47.7 Å². The normalized spacial score (nSPS) is 16.0. The van der Waals surface area contributed by atoms with E-state index < -0.39 is 0 Å². The highest BCUT2D eigenvalue weighted by Crippen LogP contribution is 2.24. The number of likely N-dealkylation sites (tertiary alicyclic amines) is 1. The fourth-order valence-electron chi connectivity index (χ4n) is 3.45. The second kappa shape index (κ2) is 11.3. The van der Waals surface area contributed by atoms with Gasteiger partial charge < -0.3 is 10.6 Å². The van der Waals surface area contributed by atoms with Crippen LogP contribution in [0.5, 0.6) is 0 Å². The number of hydrogen-bond acceptors (Lipinski definition) is 3. The Bertz CT molecular complexity index is 694. The Labute approximate surface area is 179 Å². The standard InChI is InChI=1S/C20H30N6.HI/c1-3-21-20(22-13-17-14-24-25(2)16-17)23-15-19(26-11-7-8-12-26)18-9-5-4-6-10-18;/h4-6,9-10,14,16,19H,3,7-8,11-13,15H2,1-2H3,(H2,21,22,23);1H. The minimum atomic E-state index is 0. The largest absolute Gasteiger partial charge is 0.357 e. The predicted molar refractivity (Wildman–Crippen MR) is 121 cm³/mol. The molecule has 0 radical (unpaired) electrons. The third kappa shape index (κ3) is 6.49. The van der Waals surface area contributed by atoms with E-state index in [0.717, 1.165) is 24.6 Å². The van der Waals surface area contributed by atoms with Crippen molar-refractivity contribution in [2.24, 2.45) is 12.0 Å². The fraction of sp³-hybridized carbons (Fsp3) is 0.500. The molecule has 2 N–H and O–H groups in total. The molecule has 0 aliphatic carbocycles. The van der Waals surface area contributed by atoms with Crippen LogP contribution >= 0.6 is 24.0 Å². The third-order valence-corrected chi connectivity index (χ3v) is 4.75. The lowest BCUT2D eigenvalue weighted by Gasteiger charge is -2.29. The van der Waals surface area contributed by atoms with Crippen molar-refractivity contribution in [1.29, 1.82) is 0 Å². The first-order valence-corrected chi connectivity index (χ1v) is 9.55. The van der Waals surface area contributed by atoms with Gasteiger partial charge in [-0.2, -0.15) is 5.10 Å². The Morgan fingerprint density at radius 3 is 2.56 bits per heavy atom. The lowest BCUT2D eigenvalue weighted by Crippen LogP contribution is -2.42. The van der Waals surface area contributed by atoms with Gasteiger partial charge in [0.25, 0.3) is 0 Å². The molecule has 1 fully saturated rings. The first kappa shape index (κ1) is 21.7. The van der Waals surface area contributed by atoms with Gasteiger partial charge >= 0.3 is 0 Å². The Balaban J connectivity index is 0.00000261. The van der Waals surface area contributed by atoms with Crippen molar-refractivity contribution in [1.82, 2.24) is 25.3 Å². The minimum Gasteiger partial charge on any atom is -0.357 e. The van der Waals surface area contributed by atoms with Crippen LogP contribution in [0.2, 0.25) is 0 Å². The maximum atomic E-state index is 4.71. The van der Waals surface area contributed by atoms with Crippen LogP contribution in [0, 0.1) is 0 Å². The Hall–Kier alpha value is -1.61. The van der Waals surface area contributed by atoms with Gasteiger partial charge in [-0.3, -0.25) is 9.58 Å². The Kier molecular flexibility index (Phi) is 9.06. The summed E-state index contributed by atoms with van der Waals surface area (Å²) in [6.45, 7) is 6.76. The molecule has 1 aliphatic rings. The topological polar surface area (TPSA) is 57.5 Å². The number of hydrogen-bond donors (Lipinski definition) is 2. The smallest absolute Gasteiger partial charge is 0.191 e. The Morgan fingerprint density at radius 1 is 1.19 bits per heavy atom. The number of guanidine groups is 1. The average molecular weight is 482 g/mol. The molecule has 7 heteroatoms. The SMILES string of the molecule is CCNC(=NCc1cnn(C)c1)NCC(c1ccccc1)N1CCCC1.I. The van der Waals surface area contributed by atoms with Crippen molar-refractivity contribution in [2.45, 2.75) is 32.4 Å². The van der Waals surface area contributed by atoms with Gasteiger partial charge in [0.1, 0.15) is 0 Å². The number of nitrogens with zero attached hydrogens (tertiary/aromatic N) is 4. The maximum absolute atomic E-state index is 4.71. The lowest BCUT2D eigenvalue weighted by atomic mass is 10.1. The van der Waals surface area contributed by atoms with Gasteiger partial charge in [-0.15, -0.1) is 24.0 Å². The first-order chi connectivity index (χ1) is 12.8. The van der Waals surface area contributed by atoms with Crippen molar-refractivity contribution < 1.29 is 0 Å². The summed E-state index contributed by atoms with van der Waals surface area (Å²) in [5, 5.41) is 11.1. The second-order valence-electron chi connectivity index (χ2n) is 6.77. The molecule has 1 aromatic carbocycles. The summed E-state index contributed by atoms with van der Waals surface area (Å²) in [4.78, 5) is 7.29. The number of aliphatic imine (C=N–C) groups is 1. The average Bonchev–Trinajstić information content (AvgIpc) is 3.33. The number of rotatable bonds is 7. The van der Waals surface area contributed by atoms with E-state index in [2.05, 4.69) is 57.9 Å². The van der Waals surface area contributed by atoms with Crippen LogP contribution in [-0.4, -0.2) is 46.8 Å². The summed E-state index contributed by atoms with van der Waals surface area (Å²) >= 11 is 0. The van der Waals surface area contributed by atoms with E-state index in [4.69, 9.17) is 4.99 Å². The quantitative estimate of drug-likeness (QED) is 0.362. The summed E-state index contributed by atoms with van der Waals surface area (Å²) in [7, 11) is 1.93. The first-order valence-electron chi connectivity index (χ1n) is 9.55. The Morgan fingerprint density at radius 2 is 1.93 bits per heavy atom. The number of benzene rings is 1. The number of halogens is 1. The van der Waals surface area contributed by atoms with E-state index in [0.29, 0.717) is 12.6 Å². The third-order valence-electron chi connectivity index (χ3n) is 4.75. The monoisotopic (exact) mass is 482 g/mol. The molecule has 1 atom stereocenters. The van der Waals surface area contributed by atoms with Crippen molar-refractivity contribution >= 4 is 29.9 Å². The number of nitrogens with one attached hydrogen (secondary N) is 2. The van der Waals surface area contributed by atoms with Crippen molar-refractivity contribution in [3.05, 3.63) is 53.9 Å². The maximum Gasteiger partial charge on any atom is 0.191 e. The molecular weight excluding hydrogens is 451 g/mol. The van der Waals surface area contributed by atoms with Crippen LogP contribution in [0.1, 0.15) is 36.9 Å². The summed E-state index contributed by atoms with van der Waals surface area (Å²) in [5.74, 6) is 0.858. The summed E-state index contributed by atoms with van der Waals surface area (Å²) in [5.41, 5.74) is 2.48. The van der Waals surface area contributed by atoms with Crippen LogP contribution in [0.25, 0.3) is 0 Å². The van der Waals surface area contributed by atoms with E-state index >= 15 is 0 Å². The molecule has 148 valence electrons.